The SMILES string of the molecule is O=[C]OC(CCOCCCOC=O)OC=O. The monoisotopic (exact) mass is 233 g/mol. The first-order chi connectivity index (χ1) is 7.85. The molecule has 0 saturated heterocycles. The van der Waals surface area contributed by atoms with Gasteiger partial charge in [-0.25, -0.2) is 4.79 Å². The Hall–Kier alpha value is -1.63. The van der Waals surface area contributed by atoms with Crippen molar-refractivity contribution in [2.45, 2.75) is 19.1 Å². The number of hydrogen-bond donors (Lipinski definition) is 0. The summed E-state index contributed by atoms with van der Waals surface area (Å²) in [6, 6.07) is 0. The summed E-state index contributed by atoms with van der Waals surface area (Å²) >= 11 is 0. The molecule has 91 valence electrons. The van der Waals surface area contributed by atoms with Crippen molar-refractivity contribution in [3.8, 4) is 0 Å². The Morgan fingerprint density at radius 2 is 1.94 bits per heavy atom. The first-order valence-electron chi connectivity index (χ1n) is 4.60. The van der Waals surface area contributed by atoms with Gasteiger partial charge in [0.1, 0.15) is 0 Å². The maximum atomic E-state index is 9.97. The highest BCUT2D eigenvalue weighted by Crippen LogP contribution is 1.98. The van der Waals surface area contributed by atoms with Gasteiger partial charge in [0.2, 0.25) is 6.29 Å². The summed E-state index contributed by atoms with van der Waals surface area (Å²) in [5.41, 5.74) is 0. The average Bonchev–Trinajstić information content (AvgIpc) is 2.28. The molecule has 0 saturated carbocycles. The number of carbonyl (C=O) groups excluding carboxylic acids is 3. The zero-order chi connectivity index (χ0) is 12.1. The predicted molar refractivity (Wildman–Crippen MR) is 49.8 cm³/mol. The van der Waals surface area contributed by atoms with Crippen LogP contribution in [0.4, 0.5) is 0 Å². The van der Waals surface area contributed by atoms with Gasteiger partial charge in [-0.1, -0.05) is 0 Å². The van der Waals surface area contributed by atoms with Crippen LogP contribution in [0.2, 0.25) is 0 Å². The fraction of sp³-hybridized carbons (Fsp3) is 0.667. The normalized spacial score (nSPS) is 9.56. The molecule has 0 spiro atoms. The van der Waals surface area contributed by atoms with Crippen LogP contribution in [0.5, 0.6) is 0 Å². The van der Waals surface area contributed by atoms with Crippen LogP contribution in [0.1, 0.15) is 12.8 Å². The van der Waals surface area contributed by atoms with Crippen molar-refractivity contribution in [1.82, 2.24) is 0 Å². The molecule has 0 N–H and O–H groups in total. The van der Waals surface area contributed by atoms with Crippen molar-refractivity contribution < 1.29 is 33.3 Å². The molecule has 1 radical (unpaired) electrons. The number of carbonyl (C=O) groups is 2. The second kappa shape index (κ2) is 11.4. The van der Waals surface area contributed by atoms with Crippen LogP contribution >= 0.6 is 0 Å². The highest BCUT2D eigenvalue weighted by atomic mass is 16.7. The molecule has 1 unspecified atom stereocenters. The summed E-state index contributed by atoms with van der Waals surface area (Å²) in [6.07, 6.45) is -0.178. The Morgan fingerprint density at radius 3 is 2.56 bits per heavy atom. The van der Waals surface area contributed by atoms with Gasteiger partial charge in [-0.3, -0.25) is 9.59 Å². The van der Waals surface area contributed by atoms with Crippen LogP contribution in [-0.2, 0) is 33.3 Å². The van der Waals surface area contributed by atoms with Gasteiger partial charge in [-0.05, 0) is 0 Å². The molecule has 0 aromatic carbocycles. The van der Waals surface area contributed by atoms with Crippen LogP contribution in [0, 0.1) is 0 Å². The predicted octanol–water partition coefficient (Wildman–Crippen LogP) is -0.461. The summed E-state index contributed by atoms with van der Waals surface area (Å²) < 4.78 is 18.3. The molecule has 0 aromatic rings. The van der Waals surface area contributed by atoms with E-state index in [1.807, 2.05) is 0 Å². The maximum absolute atomic E-state index is 9.97. The molecule has 0 rings (SSSR count). The lowest BCUT2D eigenvalue weighted by Crippen LogP contribution is -2.18. The first kappa shape index (κ1) is 14.4. The van der Waals surface area contributed by atoms with Crippen molar-refractivity contribution in [3.63, 3.8) is 0 Å². The second-order valence-electron chi connectivity index (χ2n) is 2.58. The van der Waals surface area contributed by atoms with Gasteiger partial charge in [0.25, 0.3) is 12.9 Å². The molecule has 7 nitrogen and oxygen atoms in total. The third-order valence-corrected chi connectivity index (χ3v) is 1.50. The summed E-state index contributed by atoms with van der Waals surface area (Å²) in [4.78, 5) is 29.6. The zero-order valence-electron chi connectivity index (χ0n) is 8.63. The van der Waals surface area contributed by atoms with E-state index in [1.165, 1.54) is 6.47 Å². The molecule has 0 amide bonds. The molecule has 0 aromatic heterocycles. The van der Waals surface area contributed by atoms with Crippen molar-refractivity contribution in [1.29, 1.82) is 0 Å². The third kappa shape index (κ3) is 8.95. The summed E-state index contributed by atoms with van der Waals surface area (Å²) in [5, 5.41) is 0. The molecule has 16 heavy (non-hydrogen) atoms. The van der Waals surface area contributed by atoms with Gasteiger partial charge < -0.3 is 18.9 Å². The average molecular weight is 233 g/mol. The van der Waals surface area contributed by atoms with Crippen molar-refractivity contribution >= 4 is 19.4 Å². The molecular weight excluding hydrogens is 220 g/mol. The van der Waals surface area contributed by atoms with E-state index >= 15 is 0 Å². The third-order valence-electron chi connectivity index (χ3n) is 1.50. The van der Waals surface area contributed by atoms with E-state index in [9.17, 15) is 14.4 Å². The van der Waals surface area contributed by atoms with E-state index in [2.05, 4.69) is 14.2 Å². The lowest BCUT2D eigenvalue weighted by Gasteiger charge is -2.11. The Balaban J connectivity index is 3.35. The Kier molecular flexibility index (Phi) is 10.3. The fourth-order valence-electron chi connectivity index (χ4n) is 0.844. The molecule has 0 heterocycles. The number of ether oxygens (including phenoxy) is 4. The second-order valence-corrected chi connectivity index (χ2v) is 2.58. The molecule has 0 bridgehead atoms. The lowest BCUT2D eigenvalue weighted by molar-refractivity contribution is -0.151. The Bertz CT molecular complexity index is 184. The van der Waals surface area contributed by atoms with Gasteiger partial charge in [-0.15, -0.1) is 0 Å². The Labute approximate surface area is 92.6 Å². The van der Waals surface area contributed by atoms with Gasteiger partial charge >= 0.3 is 6.47 Å². The number of hydrogen-bond acceptors (Lipinski definition) is 7. The minimum atomic E-state index is -0.971. The van der Waals surface area contributed by atoms with Gasteiger partial charge in [0.15, 0.2) is 0 Å². The van der Waals surface area contributed by atoms with E-state index in [1.54, 1.807) is 0 Å². The minimum absolute atomic E-state index is 0.180. The molecule has 0 fully saturated rings. The molecule has 1 atom stereocenters. The van der Waals surface area contributed by atoms with Gasteiger partial charge in [0, 0.05) is 19.4 Å². The fourth-order valence-corrected chi connectivity index (χ4v) is 0.844. The van der Waals surface area contributed by atoms with Crippen molar-refractivity contribution in [3.05, 3.63) is 0 Å². The summed E-state index contributed by atoms with van der Waals surface area (Å²) in [7, 11) is 0. The van der Waals surface area contributed by atoms with E-state index in [4.69, 9.17) is 4.74 Å². The van der Waals surface area contributed by atoms with Crippen LogP contribution in [0.15, 0.2) is 0 Å². The van der Waals surface area contributed by atoms with E-state index in [-0.39, 0.29) is 26.1 Å². The minimum Gasteiger partial charge on any atom is -0.468 e. The quantitative estimate of drug-likeness (QED) is 0.256. The first-order valence-corrected chi connectivity index (χ1v) is 4.60. The van der Waals surface area contributed by atoms with E-state index < -0.39 is 6.29 Å². The standard InChI is InChI=1S/C9H13O7/c10-6-14-4-1-3-13-5-2-9(15-7-11)16-8-12/h6-7,9H,1-5H2. The maximum Gasteiger partial charge on any atom is 0.420 e. The highest BCUT2D eigenvalue weighted by molar-refractivity contribution is 5.40. The molecule has 0 aliphatic rings. The molecule has 7 heteroatoms. The number of rotatable bonds is 12. The molecule has 0 aliphatic carbocycles. The molecule has 0 aliphatic heterocycles. The van der Waals surface area contributed by atoms with Crippen LogP contribution in [0.25, 0.3) is 0 Å². The van der Waals surface area contributed by atoms with Crippen LogP contribution in [-0.4, -0.2) is 45.5 Å². The highest BCUT2D eigenvalue weighted by Gasteiger charge is 2.09. The largest absolute Gasteiger partial charge is 0.468 e. The zero-order valence-corrected chi connectivity index (χ0v) is 8.63. The molecular formula is C9H13O7. The van der Waals surface area contributed by atoms with Crippen LogP contribution < -0.4 is 0 Å². The summed E-state index contributed by atoms with van der Waals surface area (Å²) in [5.74, 6) is 0. The van der Waals surface area contributed by atoms with E-state index in [0.29, 0.717) is 19.5 Å². The van der Waals surface area contributed by atoms with Crippen LogP contribution in [0.3, 0.4) is 0 Å². The van der Waals surface area contributed by atoms with Gasteiger partial charge in [-0.2, -0.15) is 0 Å². The van der Waals surface area contributed by atoms with E-state index in [0.717, 1.165) is 0 Å². The Morgan fingerprint density at radius 1 is 1.12 bits per heavy atom. The lowest BCUT2D eigenvalue weighted by atomic mass is 10.4. The van der Waals surface area contributed by atoms with Crippen molar-refractivity contribution in [2.75, 3.05) is 19.8 Å². The topological polar surface area (TPSA) is 88.1 Å². The smallest absolute Gasteiger partial charge is 0.420 e. The summed E-state index contributed by atoms with van der Waals surface area (Å²) in [6.45, 7) is 2.65. The van der Waals surface area contributed by atoms with Crippen molar-refractivity contribution in [2.24, 2.45) is 0 Å². The van der Waals surface area contributed by atoms with Gasteiger partial charge in [0.05, 0.1) is 13.2 Å².